The normalized spacial score (nSPS) is 13.9. The minimum atomic E-state index is -2.56. The van der Waals surface area contributed by atoms with Gasteiger partial charge in [0.1, 0.15) is 5.75 Å². The molecule has 2 aliphatic carbocycles. The molecule has 0 aromatic heterocycles. The van der Waals surface area contributed by atoms with Gasteiger partial charge in [0.25, 0.3) is 0 Å². The molecule has 5 aromatic rings. The monoisotopic (exact) mass is 734 g/mol. The van der Waals surface area contributed by atoms with E-state index in [2.05, 4.69) is 183 Å². The van der Waals surface area contributed by atoms with Crippen molar-refractivity contribution in [1.82, 2.24) is 0 Å². The van der Waals surface area contributed by atoms with Crippen LogP contribution in [0.2, 0.25) is 0 Å². The van der Waals surface area contributed by atoms with E-state index < -0.39 is 21.3 Å². The van der Waals surface area contributed by atoms with Crippen molar-refractivity contribution in [2.45, 2.75) is 76.3 Å². The van der Waals surface area contributed by atoms with E-state index in [0.29, 0.717) is 15.3 Å². The van der Waals surface area contributed by atoms with Crippen molar-refractivity contribution in [3.63, 3.8) is 0 Å². The number of benzene rings is 5. The molecular weight excluding hydrogens is 684 g/mol. The van der Waals surface area contributed by atoms with Crippen LogP contribution in [0.5, 0.6) is 5.75 Å². The fourth-order valence-electron chi connectivity index (χ4n) is 7.38. The zero-order chi connectivity index (χ0) is 35.6. The third kappa shape index (κ3) is 7.57. The third-order valence-corrected chi connectivity index (χ3v) is 18.3. The summed E-state index contributed by atoms with van der Waals surface area (Å²) >= 11 is -2.56. The van der Waals surface area contributed by atoms with Crippen LogP contribution in [0.1, 0.15) is 98.8 Å². The molecule has 0 heterocycles. The van der Waals surface area contributed by atoms with Crippen molar-refractivity contribution in [1.29, 1.82) is 0 Å². The summed E-state index contributed by atoms with van der Waals surface area (Å²) in [6, 6.07) is 46.7. The predicted octanol–water partition coefficient (Wildman–Crippen LogP) is 12.5. The zero-order valence-electron chi connectivity index (χ0n) is 31.1. The van der Waals surface area contributed by atoms with Gasteiger partial charge in [0.15, 0.2) is 0 Å². The maximum atomic E-state index is 9.84. The Hall–Kier alpha value is -3.87. The Balaban J connectivity index is 0.000000243. The summed E-state index contributed by atoms with van der Waals surface area (Å²) in [6.45, 7) is 17.6. The van der Waals surface area contributed by atoms with Crippen molar-refractivity contribution in [3.8, 4) is 16.9 Å². The number of hydrogen-bond acceptors (Lipinski definition) is 1. The van der Waals surface area contributed by atoms with Gasteiger partial charge in [-0.05, 0) is 28.0 Å². The van der Waals surface area contributed by atoms with Gasteiger partial charge in [0.05, 0.1) is 0 Å². The van der Waals surface area contributed by atoms with Crippen LogP contribution in [0.3, 0.4) is 0 Å². The number of phenolic OH excluding ortho intramolecular Hbond substituents is 1. The third-order valence-electron chi connectivity index (χ3n) is 10.1. The van der Waals surface area contributed by atoms with Crippen LogP contribution in [-0.2, 0) is 32.1 Å². The molecule has 5 aromatic carbocycles. The number of allylic oxidation sites excluding steroid dienone is 4. The molecule has 0 aliphatic heterocycles. The fraction of sp³-hybridized carbons (Fsp3) is 0.271. The molecule has 0 bridgehead atoms. The van der Waals surface area contributed by atoms with Gasteiger partial charge in [-0.25, -0.2) is 0 Å². The molecule has 50 heavy (non-hydrogen) atoms. The second-order valence-electron chi connectivity index (χ2n) is 16.1. The van der Waals surface area contributed by atoms with Crippen molar-refractivity contribution < 1.29 is 26.4 Å². The molecular formula is C48H52OZr. The molecule has 254 valence electrons. The van der Waals surface area contributed by atoms with Crippen LogP contribution in [0, 0.1) is 5.92 Å². The van der Waals surface area contributed by atoms with Gasteiger partial charge in [0.2, 0.25) is 0 Å². The van der Waals surface area contributed by atoms with E-state index in [4.69, 9.17) is 0 Å². The Morgan fingerprint density at radius 3 is 1.60 bits per heavy atom. The van der Waals surface area contributed by atoms with Gasteiger partial charge in [-0.2, -0.15) is 0 Å². The summed E-state index contributed by atoms with van der Waals surface area (Å²) in [4.78, 5) is 0. The Bertz CT molecular complexity index is 1980. The molecule has 0 amide bonds. The molecule has 0 spiro atoms. The molecule has 0 unspecified atom stereocenters. The van der Waals surface area contributed by atoms with E-state index in [1.165, 1.54) is 44.5 Å². The number of rotatable bonds is 5. The topological polar surface area (TPSA) is 20.2 Å². The molecule has 0 saturated carbocycles. The molecule has 2 heteroatoms. The fourth-order valence-corrected chi connectivity index (χ4v) is 16.5. The summed E-state index contributed by atoms with van der Waals surface area (Å²) in [6.07, 6.45) is 6.20. The van der Waals surface area contributed by atoms with Gasteiger partial charge in [-0.1, -0.05) is 53.7 Å². The Kier molecular flexibility index (Phi) is 10.6. The molecule has 0 saturated heterocycles. The Morgan fingerprint density at radius 1 is 0.640 bits per heavy atom. The Morgan fingerprint density at radius 2 is 1.14 bits per heavy atom. The van der Waals surface area contributed by atoms with E-state index in [1.54, 1.807) is 12.6 Å². The van der Waals surface area contributed by atoms with E-state index in [0.717, 1.165) is 12.0 Å². The molecule has 0 atom stereocenters. The molecule has 7 rings (SSSR count). The first-order chi connectivity index (χ1) is 23.8. The number of aromatic hydroxyl groups is 1. The van der Waals surface area contributed by atoms with E-state index >= 15 is 0 Å². The van der Waals surface area contributed by atoms with Crippen LogP contribution < -0.4 is 0 Å². The summed E-state index contributed by atoms with van der Waals surface area (Å²) in [5.41, 5.74) is 12.7. The van der Waals surface area contributed by atoms with Gasteiger partial charge in [-0.15, -0.1) is 0 Å². The average molecular weight is 736 g/mol. The summed E-state index contributed by atoms with van der Waals surface area (Å²) < 4.78 is 3.82. The van der Waals surface area contributed by atoms with E-state index in [1.807, 2.05) is 6.07 Å². The average Bonchev–Trinajstić information content (AvgIpc) is 3.72. The SMILES string of the molecule is CC(C)(C)c1ccc(O)c(C(C)(C)C)c1.CC(C)C1=CC[C]([Zr](=[C](c2ccccc2)c2ccccc2)[CH]2c3ccccc3-c3ccccc32)=C1. The van der Waals surface area contributed by atoms with Crippen LogP contribution in [0.4, 0.5) is 0 Å². The Labute approximate surface area is 308 Å². The minimum absolute atomic E-state index is 0.00859. The summed E-state index contributed by atoms with van der Waals surface area (Å²) in [7, 11) is 0. The zero-order valence-corrected chi connectivity index (χ0v) is 33.5. The van der Waals surface area contributed by atoms with Crippen LogP contribution in [-0.4, -0.2) is 8.31 Å². The molecule has 0 fully saturated rings. The van der Waals surface area contributed by atoms with Crippen LogP contribution >= 0.6 is 0 Å². The molecule has 2 aliphatic rings. The van der Waals surface area contributed by atoms with Crippen molar-refractivity contribution >= 4 is 3.21 Å². The molecule has 0 radical (unpaired) electrons. The van der Waals surface area contributed by atoms with E-state index in [-0.39, 0.29) is 10.8 Å². The maximum absolute atomic E-state index is 9.84. The first-order valence-corrected chi connectivity index (χ1v) is 22.0. The summed E-state index contributed by atoms with van der Waals surface area (Å²) in [5.74, 6) is 0.965. The second kappa shape index (κ2) is 14.8. The number of hydrogen-bond donors (Lipinski definition) is 1. The van der Waals surface area contributed by atoms with Gasteiger partial charge in [-0.3, -0.25) is 0 Å². The standard InChI is InChI=1S/C14H22O.C13H9.C13H10.C8H11.Zr/c1-13(2,3)10-7-8-12(15)11(9-10)14(4,5)6;1-3-7-12-10(5-1)9-11-6-2-4-8-13(11)12;1-3-7-12(8-4-1)11-13-9-5-2-6-10-13;1-7(2)8-5-3-4-6-8;/h7-9,15H,1-6H3;1-9H;1-10H;5-7H,3H2,1-2H3;. The predicted molar refractivity (Wildman–Crippen MR) is 211 cm³/mol. The van der Waals surface area contributed by atoms with Crippen LogP contribution in [0.15, 0.2) is 148 Å². The van der Waals surface area contributed by atoms with Gasteiger partial charge in [0, 0.05) is 0 Å². The molecule has 1 N–H and O–H groups in total. The first kappa shape index (κ1) is 35.9. The van der Waals surface area contributed by atoms with Crippen molar-refractivity contribution in [2.75, 3.05) is 0 Å². The summed E-state index contributed by atoms with van der Waals surface area (Å²) in [5, 5.41) is 9.84. The number of fused-ring (bicyclic) bond motifs is 3. The van der Waals surface area contributed by atoms with E-state index in [9.17, 15) is 5.11 Å². The quantitative estimate of drug-likeness (QED) is 0.191. The van der Waals surface area contributed by atoms with Gasteiger partial charge >= 0.3 is 218 Å². The van der Waals surface area contributed by atoms with Crippen molar-refractivity contribution in [2.24, 2.45) is 5.92 Å². The second-order valence-corrected chi connectivity index (χ2v) is 22.4. The van der Waals surface area contributed by atoms with Crippen molar-refractivity contribution in [3.05, 3.63) is 182 Å². The number of phenols is 1. The van der Waals surface area contributed by atoms with Crippen LogP contribution in [0.25, 0.3) is 11.1 Å². The first-order valence-electron chi connectivity index (χ1n) is 18.1. The molecule has 1 nitrogen and oxygen atoms in total. The van der Waals surface area contributed by atoms with Gasteiger partial charge < -0.3 is 5.11 Å².